The number of hydrogen-bond acceptors (Lipinski definition) is 3. The highest BCUT2D eigenvalue weighted by molar-refractivity contribution is 7.88. The molecule has 1 aliphatic heterocycles. The Morgan fingerprint density at radius 1 is 1.07 bits per heavy atom. The third-order valence-corrected chi connectivity index (χ3v) is 7.74. The molecule has 162 valence electrons. The van der Waals surface area contributed by atoms with Gasteiger partial charge in [0.1, 0.15) is 0 Å². The fraction of sp³-hybridized carbons (Fsp3) is 0.458. The van der Waals surface area contributed by atoms with Crippen molar-refractivity contribution in [3.63, 3.8) is 0 Å². The van der Waals surface area contributed by atoms with Crippen molar-refractivity contribution in [2.24, 2.45) is 5.92 Å². The second-order valence-electron chi connectivity index (χ2n) is 8.29. The number of rotatable bonds is 8. The fourth-order valence-electron chi connectivity index (χ4n) is 3.92. The average Bonchev–Trinajstić information content (AvgIpc) is 2.74. The Bertz CT molecular complexity index is 936. The molecule has 1 heterocycles. The lowest BCUT2D eigenvalue weighted by Gasteiger charge is -2.31. The molecule has 1 saturated heterocycles. The Balaban J connectivity index is 1.46. The lowest BCUT2D eigenvalue weighted by molar-refractivity contribution is -0.126. The molecule has 1 atom stereocenters. The van der Waals surface area contributed by atoms with Crippen LogP contribution in [0.25, 0.3) is 0 Å². The van der Waals surface area contributed by atoms with Crippen molar-refractivity contribution in [3.8, 4) is 0 Å². The Kier molecular flexibility index (Phi) is 7.67. The molecule has 1 amide bonds. The van der Waals surface area contributed by atoms with Crippen LogP contribution in [-0.4, -0.2) is 37.8 Å². The fourth-order valence-corrected chi connectivity index (χ4v) is 5.58. The number of hydrogen-bond donors (Lipinski definition) is 1. The van der Waals surface area contributed by atoms with E-state index in [1.165, 1.54) is 5.56 Å². The minimum atomic E-state index is -3.37. The van der Waals surface area contributed by atoms with E-state index in [4.69, 9.17) is 0 Å². The largest absolute Gasteiger partial charge is 0.353 e. The van der Waals surface area contributed by atoms with Gasteiger partial charge >= 0.3 is 0 Å². The highest BCUT2D eigenvalue weighted by Crippen LogP contribution is 2.23. The van der Waals surface area contributed by atoms with Gasteiger partial charge in [-0.3, -0.25) is 4.79 Å². The highest BCUT2D eigenvalue weighted by Gasteiger charge is 2.31. The van der Waals surface area contributed by atoms with Gasteiger partial charge in [-0.25, -0.2) is 12.7 Å². The molecule has 1 aliphatic rings. The number of benzene rings is 2. The van der Waals surface area contributed by atoms with Crippen LogP contribution in [0.3, 0.4) is 0 Å². The maximum Gasteiger partial charge on any atom is 0.223 e. The van der Waals surface area contributed by atoms with Crippen LogP contribution in [0, 0.1) is 12.8 Å². The molecular formula is C24H32N2O3S. The molecule has 0 saturated carbocycles. The van der Waals surface area contributed by atoms with Crippen molar-refractivity contribution in [1.29, 1.82) is 0 Å². The topological polar surface area (TPSA) is 66.5 Å². The van der Waals surface area contributed by atoms with Crippen LogP contribution in [0.15, 0.2) is 54.6 Å². The molecule has 2 aromatic carbocycles. The van der Waals surface area contributed by atoms with E-state index >= 15 is 0 Å². The lowest BCUT2D eigenvalue weighted by Crippen LogP contribution is -2.45. The number of piperidine rings is 1. The first-order valence-electron chi connectivity index (χ1n) is 10.7. The first-order chi connectivity index (χ1) is 14.3. The molecule has 3 rings (SSSR count). The number of amides is 1. The Hall–Kier alpha value is -2.18. The molecule has 0 spiro atoms. The molecule has 1 unspecified atom stereocenters. The molecule has 0 aliphatic carbocycles. The van der Waals surface area contributed by atoms with Gasteiger partial charge in [0.2, 0.25) is 15.9 Å². The molecule has 2 aromatic rings. The first-order valence-corrected chi connectivity index (χ1v) is 12.3. The Morgan fingerprint density at radius 3 is 2.37 bits per heavy atom. The standard InChI is InChI=1S/C24H32N2O3S/c1-19-8-6-7-11-23(19)18-30(28,29)26-16-14-22(15-17-26)24(27)25-20(2)12-13-21-9-4-3-5-10-21/h3-11,20,22H,12-18H2,1-2H3,(H,25,27). The van der Waals surface area contributed by atoms with Crippen molar-refractivity contribution in [1.82, 2.24) is 9.62 Å². The summed E-state index contributed by atoms with van der Waals surface area (Å²) in [4.78, 5) is 12.6. The molecular weight excluding hydrogens is 396 g/mol. The monoisotopic (exact) mass is 428 g/mol. The SMILES string of the molecule is Cc1ccccc1CS(=O)(=O)N1CCC(C(=O)NC(C)CCc2ccccc2)CC1. The van der Waals surface area contributed by atoms with Crippen LogP contribution in [-0.2, 0) is 27.0 Å². The van der Waals surface area contributed by atoms with E-state index in [0.717, 1.165) is 24.0 Å². The summed E-state index contributed by atoms with van der Waals surface area (Å²) in [6.07, 6.45) is 2.96. The van der Waals surface area contributed by atoms with E-state index in [1.54, 1.807) is 4.31 Å². The third-order valence-electron chi connectivity index (χ3n) is 5.91. The maximum atomic E-state index is 12.8. The van der Waals surface area contributed by atoms with Crippen molar-refractivity contribution in [2.45, 2.75) is 51.3 Å². The molecule has 1 N–H and O–H groups in total. The van der Waals surface area contributed by atoms with E-state index in [1.807, 2.05) is 56.3 Å². The molecule has 5 nitrogen and oxygen atoms in total. The summed E-state index contributed by atoms with van der Waals surface area (Å²) in [5.41, 5.74) is 3.09. The summed E-state index contributed by atoms with van der Waals surface area (Å²) in [7, 11) is -3.37. The quantitative estimate of drug-likeness (QED) is 0.698. The van der Waals surface area contributed by atoms with Crippen molar-refractivity contribution in [2.75, 3.05) is 13.1 Å². The van der Waals surface area contributed by atoms with Crippen molar-refractivity contribution >= 4 is 15.9 Å². The summed E-state index contributed by atoms with van der Waals surface area (Å²) in [6.45, 7) is 4.78. The van der Waals surface area contributed by atoms with E-state index in [-0.39, 0.29) is 23.6 Å². The summed E-state index contributed by atoms with van der Waals surface area (Å²) >= 11 is 0. The molecule has 6 heteroatoms. The van der Waals surface area contributed by atoms with Gasteiger partial charge < -0.3 is 5.32 Å². The minimum Gasteiger partial charge on any atom is -0.353 e. The van der Waals surface area contributed by atoms with Crippen molar-refractivity contribution in [3.05, 3.63) is 71.3 Å². The van der Waals surface area contributed by atoms with E-state index in [0.29, 0.717) is 25.9 Å². The summed E-state index contributed by atoms with van der Waals surface area (Å²) in [5.74, 6) is -0.0480. The van der Waals surface area contributed by atoms with Crippen LogP contribution >= 0.6 is 0 Å². The van der Waals surface area contributed by atoms with E-state index in [9.17, 15) is 13.2 Å². The summed E-state index contributed by atoms with van der Waals surface area (Å²) in [5, 5.41) is 3.11. The zero-order valence-corrected chi connectivity index (χ0v) is 18.7. The van der Waals surface area contributed by atoms with Crippen LogP contribution < -0.4 is 5.32 Å². The second kappa shape index (κ2) is 10.2. The van der Waals surface area contributed by atoms with Gasteiger partial charge in [-0.05, 0) is 56.2 Å². The number of nitrogens with zero attached hydrogens (tertiary/aromatic N) is 1. The van der Waals surface area contributed by atoms with Crippen LogP contribution in [0.1, 0.15) is 42.9 Å². The minimum absolute atomic E-state index is 0.0209. The van der Waals surface area contributed by atoms with Gasteiger partial charge in [-0.2, -0.15) is 0 Å². The normalized spacial score (nSPS) is 16.9. The second-order valence-corrected chi connectivity index (χ2v) is 10.3. The van der Waals surface area contributed by atoms with Crippen LogP contribution in [0.5, 0.6) is 0 Å². The van der Waals surface area contributed by atoms with Crippen molar-refractivity contribution < 1.29 is 13.2 Å². The van der Waals surface area contributed by atoms with E-state index in [2.05, 4.69) is 17.4 Å². The smallest absolute Gasteiger partial charge is 0.223 e. The van der Waals surface area contributed by atoms with Gasteiger partial charge in [-0.15, -0.1) is 0 Å². The first kappa shape index (κ1) is 22.5. The Morgan fingerprint density at radius 2 is 1.70 bits per heavy atom. The number of carbonyl (C=O) groups is 1. The Labute approximate surface area is 180 Å². The van der Waals surface area contributed by atoms with E-state index < -0.39 is 10.0 Å². The lowest BCUT2D eigenvalue weighted by atomic mass is 9.96. The predicted molar refractivity (Wildman–Crippen MR) is 120 cm³/mol. The van der Waals surface area contributed by atoms with Gasteiger partial charge in [0.25, 0.3) is 0 Å². The number of aryl methyl sites for hydroxylation is 2. The molecule has 1 fully saturated rings. The highest BCUT2D eigenvalue weighted by atomic mass is 32.2. The maximum absolute atomic E-state index is 12.8. The molecule has 0 bridgehead atoms. The van der Waals surface area contributed by atoms with Gasteiger partial charge in [0.05, 0.1) is 5.75 Å². The molecule has 0 aromatic heterocycles. The van der Waals surface area contributed by atoms with Gasteiger partial charge in [-0.1, -0.05) is 54.6 Å². The van der Waals surface area contributed by atoms with Crippen LogP contribution in [0.4, 0.5) is 0 Å². The molecule has 30 heavy (non-hydrogen) atoms. The van der Waals surface area contributed by atoms with Gasteiger partial charge in [0, 0.05) is 25.0 Å². The summed E-state index contributed by atoms with van der Waals surface area (Å²) < 4.78 is 27.2. The molecule has 0 radical (unpaired) electrons. The third kappa shape index (κ3) is 6.16. The number of nitrogens with one attached hydrogen (secondary N) is 1. The zero-order valence-electron chi connectivity index (χ0n) is 17.9. The average molecular weight is 429 g/mol. The van der Waals surface area contributed by atoms with Gasteiger partial charge in [0.15, 0.2) is 0 Å². The number of carbonyl (C=O) groups excluding carboxylic acids is 1. The zero-order chi connectivity index (χ0) is 21.6. The number of sulfonamides is 1. The predicted octanol–water partition coefficient (Wildman–Crippen LogP) is 3.67. The summed E-state index contributed by atoms with van der Waals surface area (Å²) in [6, 6.07) is 17.9. The van der Waals surface area contributed by atoms with Crippen LogP contribution in [0.2, 0.25) is 0 Å².